The highest BCUT2D eigenvalue weighted by molar-refractivity contribution is 5.82. The topological polar surface area (TPSA) is 70.3 Å². The molecule has 0 aliphatic carbocycles. The number of fused-ring (bicyclic) bond motifs is 1. The van der Waals surface area contributed by atoms with Crippen LogP contribution in [-0.4, -0.2) is 47.5 Å². The molecule has 31 heavy (non-hydrogen) atoms. The molecular formula is C23H29FN4O3. The van der Waals surface area contributed by atoms with Crippen LogP contribution < -0.4 is 10.9 Å². The summed E-state index contributed by atoms with van der Waals surface area (Å²) < 4.78 is 30.2. The van der Waals surface area contributed by atoms with E-state index in [1.165, 1.54) is 4.57 Å². The first-order chi connectivity index (χ1) is 14.9. The summed E-state index contributed by atoms with van der Waals surface area (Å²) >= 11 is 0. The second-order valence-corrected chi connectivity index (χ2v) is 8.08. The zero-order chi connectivity index (χ0) is 22.1. The van der Waals surface area contributed by atoms with Crippen molar-refractivity contribution in [2.45, 2.75) is 32.4 Å². The standard InChI is InChI=1S/C23H29FN4O3/c1-5-17(13-30-4)28-21-18(24)9-15(20-11-25-6-7-31-20)10-19(21)26-22(28)16-8-14(2)23(29)27(3)12-16/h8-10,12,17,20,25H,5-7,11,13H2,1-4H3/t17?,20-/m0/s1. The van der Waals surface area contributed by atoms with Crippen LogP contribution in [0.5, 0.6) is 0 Å². The number of pyridine rings is 1. The van der Waals surface area contributed by atoms with Gasteiger partial charge in [0.25, 0.3) is 5.56 Å². The Kier molecular flexibility index (Phi) is 6.22. The smallest absolute Gasteiger partial charge is 0.253 e. The second kappa shape index (κ2) is 8.90. The number of methoxy groups -OCH3 is 1. The zero-order valence-corrected chi connectivity index (χ0v) is 18.4. The van der Waals surface area contributed by atoms with Crippen LogP contribution in [0.2, 0.25) is 0 Å². The third-order valence-corrected chi connectivity index (χ3v) is 5.88. The summed E-state index contributed by atoms with van der Waals surface area (Å²) in [5, 5.41) is 3.28. The molecule has 7 nitrogen and oxygen atoms in total. The van der Waals surface area contributed by atoms with Crippen LogP contribution in [0.3, 0.4) is 0 Å². The average Bonchev–Trinajstić information content (AvgIpc) is 3.16. The van der Waals surface area contributed by atoms with Crippen LogP contribution in [0, 0.1) is 12.7 Å². The normalized spacial score (nSPS) is 17.9. The number of hydrogen-bond acceptors (Lipinski definition) is 5. The van der Waals surface area contributed by atoms with E-state index in [1.54, 1.807) is 33.3 Å². The molecule has 0 bridgehead atoms. The number of nitrogens with one attached hydrogen (secondary N) is 1. The van der Waals surface area contributed by atoms with Gasteiger partial charge in [0.15, 0.2) is 0 Å². The van der Waals surface area contributed by atoms with Gasteiger partial charge in [-0.05, 0) is 37.1 Å². The van der Waals surface area contributed by atoms with E-state index in [0.717, 1.165) is 24.1 Å². The van der Waals surface area contributed by atoms with E-state index < -0.39 is 0 Å². The van der Waals surface area contributed by atoms with Gasteiger partial charge in [-0.1, -0.05) is 6.92 Å². The fourth-order valence-corrected chi connectivity index (χ4v) is 4.29. The second-order valence-electron chi connectivity index (χ2n) is 8.08. The minimum atomic E-state index is -0.337. The molecule has 0 amide bonds. The van der Waals surface area contributed by atoms with Crippen molar-refractivity contribution in [3.63, 3.8) is 0 Å². The lowest BCUT2D eigenvalue weighted by Gasteiger charge is -2.24. The summed E-state index contributed by atoms with van der Waals surface area (Å²) in [6.07, 6.45) is 2.29. The molecule has 4 rings (SSSR count). The summed E-state index contributed by atoms with van der Waals surface area (Å²) in [4.78, 5) is 17.0. The van der Waals surface area contributed by atoms with Crippen molar-refractivity contribution >= 4 is 11.0 Å². The van der Waals surface area contributed by atoms with E-state index in [2.05, 4.69) is 5.32 Å². The number of benzene rings is 1. The molecule has 0 spiro atoms. The minimum Gasteiger partial charge on any atom is -0.383 e. The van der Waals surface area contributed by atoms with Crippen molar-refractivity contribution in [3.05, 3.63) is 51.7 Å². The third kappa shape index (κ3) is 4.03. The van der Waals surface area contributed by atoms with Gasteiger partial charge in [-0.3, -0.25) is 4.79 Å². The predicted octanol–water partition coefficient (Wildman–Crippen LogP) is 3.11. The Hall–Kier alpha value is -2.55. The van der Waals surface area contributed by atoms with Gasteiger partial charge in [0.2, 0.25) is 0 Å². The molecule has 166 valence electrons. The van der Waals surface area contributed by atoms with Gasteiger partial charge in [0.1, 0.15) is 17.2 Å². The van der Waals surface area contributed by atoms with E-state index in [1.807, 2.05) is 23.6 Å². The molecule has 1 saturated heterocycles. The van der Waals surface area contributed by atoms with Crippen LogP contribution in [-0.2, 0) is 16.5 Å². The summed E-state index contributed by atoms with van der Waals surface area (Å²) in [6, 6.07) is 5.17. The number of nitrogens with zero attached hydrogens (tertiary/aromatic N) is 3. The van der Waals surface area contributed by atoms with Gasteiger partial charge in [-0.15, -0.1) is 0 Å². The molecule has 3 heterocycles. The Morgan fingerprint density at radius 1 is 1.39 bits per heavy atom. The van der Waals surface area contributed by atoms with Crippen LogP contribution >= 0.6 is 0 Å². The Balaban J connectivity index is 1.95. The zero-order valence-electron chi connectivity index (χ0n) is 18.4. The van der Waals surface area contributed by atoms with Crippen molar-refractivity contribution in [1.82, 2.24) is 19.4 Å². The highest BCUT2D eigenvalue weighted by Gasteiger charge is 2.25. The maximum atomic E-state index is 15.5. The van der Waals surface area contributed by atoms with Gasteiger partial charge < -0.3 is 23.9 Å². The lowest BCUT2D eigenvalue weighted by atomic mass is 10.1. The monoisotopic (exact) mass is 428 g/mol. The molecule has 1 aliphatic rings. The van der Waals surface area contributed by atoms with Crippen molar-refractivity contribution in [2.75, 3.05) is 33.4 Å². The quantitative estimate of drug-likeness (QED) is 0.653. The van der Waals surface area contributed by atoms with E-state index >= 15 is 4.39 Å². The molecule has 2 aromatic heterocycles. The average molecular weight is 429 g/mol. The molecule has 8 heteroatoms. The molecule has 3 aromatic rings. The number of morpholine rings is 1. The highest BCUT2D eigenvalue weighted by Crippen LogP contribution is 2.34. The van der Waals surface area contributed by atoms with Gasteiger partial charge >= 0.3 is 0 Å². The SMILES string of the molecule is CCC(COC)n1c(-c2cc(C)c(=O)n(C)c2)nc2cc([C@@H]3CNCCO3)cc(F)c21. The Morgan fingerprint density at radius 3 is 2.84 bits per heavy atom. The predicted molar refractivity (Wildman–Crippen MR) is 118 cm³/mol. The van der Waals surface area contributed by atoms with Crippen LogP contribution in [0.4, 0.5) is 4.39 Å². The van der Waals surface area contributed by atoms with E-state index in [4.69, 9.17) is 14.5 Å². The number of ether oxygens (including phenoxy) is 2. The fraction of sp³-hybridized carbons (Fsp3) is 0.478. The molecule has 1 unspecified atom stereocenters. The third-order valence-electron chi connectivity index (χ3n) is 5.88. The Bertz CT molecular complexity index is 1120. The molecule has 2 atom stereocenters. The van der Waals surface area contributed by atoms with Crippen LogP contribution in [0.1, 0.15) is 36.6 Å². The summed E-state index contributed by atoms with van der Waals surface area (Å²) in [5.41, 5.74) is 3.09. The van der Waals surface area contributed by atoms with Gasteiger partial charge in [-0.25, -0.2) is 9.37 Å². The molecular weight excluding hydrogens is 399 g/mol. The first-order valence-electron chi connectivity index (χ1n) is 10.6. The molecule has 0 saturated carbocycles. The summed E-state index contributed by atoms with van der Waals surface area (Å²) in [6.45, 7) is 6.27. The largest absolute Gasteiger partial charge is 0.383 e. The minimum absolute atomic E-state index is 0.0641. The van der Waals surface area contributed by atoms with Gasteiger partial charge in [0.05, 0.1) is 30.9 Å². The number of halogens is 1. The van der Waals surface area contributed by atoms with Crippen molar-refractivity contribution in [1.29, 1.82) is 0 Å². The molecule has 1 N–H and O–H groups in total. The molecule has 1 aromatic carbocycles. The maximum Gasteiger partial charge on any atom is 0.253 e. The fourth-order valence-electron chi connectivity index (χ4n) is 4.29. The summed E-state index contributed by atoms with van der Waals surface area (Å²) in [7, 11) is 3.35. The lowest BCUT2D eigenvalue weighted by Crippen LogP contribution is -2.33. The molecule has 1 fully saturated rings. The Morgan fingerprint density at radius 2 is 2.19 bits per heavy atom. The highest BCUT2D eigenvalue weighted by atomic mass is 19.1. The van der Waals surface area contributed by atoms with Gasteiger partial charge in [-0.2, -0.15) is 0 Å². The number of hydrogen-bond donors (Lipinski definition) is 1. The number of aromatic nitrogens is 3. The summed E-state index contributed by atoms with van der Waals surface area (Å²) in [5.74, 6) is 0.285. The van der Waals surface area contributed by atoms with Crippen LogP contribution in [0.25, 0.3) is 22.4 Å². The van der Waals surface area contributed by atoms with E-state index in [-0.39, 0.29) is 23.5 Å². The molecule has 0 radical (unpaired) electrons. The number of aryl methyl sites for hydroxylation is 2. The van der Waals surface area contributed by atoms with Gasteiger partial charge in [0, 0.05) is 44.6 Å². The van der Waals surface area contributed by atoms with Crippen molar-refractivity contribution in [2.24, 2.45) is 7.05 Å². The molecule has 1 aliphatic heterocycles. The van der Waals surface area contributed by atoms with E-state index in [9.17, 15) is 4.79 Å². The number of rotatable bonds is 6. The van der Waals surface area contributed by atoms with Crippen LogP contribution in [0.15, 0.2) is 29.2 Å². The first kappa shape index (κ1) is 21.7. The van der Waals surface area contributed by atoms with E-state index in [0.29, 0.717) is 42.2 Å². The van der Waals surface area contributed by atoms with Crippen molar-refractivity contribution in [3.8, 4) is 11.4 Å². The number of imidazole rings is 1. The maximum absolute atomic E-state index is 15.5. The Labute approximate surface area is 180 Å². The lowest BCUT2D eigenvalue weighted by molar-refractivity contribution is 0.0276. The first-order valence-corrected chi connectivity index (χ1v) is 10.6. The van der Waals surface area contributed by atoms with Crippen molar-refractivity contribution < 1.29 is 13.9 Å².